The topological polar surface area (TPSA) is 126 Å². The molecule has 4 aromatic rings. The lowest BCUT2D eigenvalue weighted by molar-refractivity contribution is 0.213. The SMILES string of the molecule is C[C@@H]1CN(S(=O)(=O)c2cccc3nsnc23)CCN1S(=O)(=O)c1cccc2nsnc12. The van der Waals surface area contributed by atoms with Crippen molar-refractivity contribution >= 4 is 65.6 Å². The monoisotopic (exact) mass is 496 g/mol. The summed E-state index contributed by atoms with van der Waals surface area (Å²) in [6.07, 6.45) is 0. The lowest BCUT2D eigenvalue weighted by atomic mass is 10.3. The Labute approximate surface area is 186 Å². The Hall–Kier alpha value is -2.10. The third kappa shape index (κ3) is 3.34. The van der Waals surface area contributed by atoms with Gasteiger partial charge in [-0.25, -0.2) is 16.8 Å². The highest BCUT2D eigenvalue weighted by Crippen LogP contribution is 2.30. The van der Waals surface area contributed by atoms with Gasteiger partial charge >= 0.3 is 0 Å². The fraction of sp³-hybridized carbons (Fsp3) is 0.294. The van der Waals surface area contributed by atoms with E-state index in [1.807, 2.05) is 0 Å². The van der Waals surface area contributed by atoms with Crippen LogP contribution in [-0.2, 0) is 20.0 Å². The van der Waals surface area contributed by atoms with Crippen LogP contribution >= 0.6 is 23.5 Å². The summed E-state index contributed by atoms with van der Waals surface area (Å²) in [4.78, 5) is 0.167. The van der Waals surface area contributed by atoms with Gasteiger partial charge in [0.2, 0.25) is 20.0 Å². The van der Waals surface area contributed by atoms with Gasteiger partial charge in [0.15, 0.2) is 0 Å². The van der Waals surface area contributed by atoms with Crippen LogP contribution in [-0.4, -0.2) is 68.6 Å². The van der Waals surface area contributed by atoms with Gasteiger partial charge in [-0.1, -0.05) is 12.1 Å². The van der Waals surface area contributed by atoms with Crippen molar-refractivity contribution in [3.8, 4) is 0 Å². The third-order valence-electron chi connectivity index (χ3n) is 5.23. The highest BCUT2D eigenvalue weighted by atomic mass is 32.2. The molecule has 162 valence electrons. The van der Waals surface area contributed by atoms with Gasteiger partial charge in [-0.15, -0.1) is 0 Å². The average Bonchev–Trinajstić information content (AvgIpc) is 3.42. The van der Waals surface area contributed by atoms with E-state index in [-0.39, 0.29) is 29.4 Å². The van der Waals surface area contributed by atoms with E-state index < -0.39 is 26.1 Å². The molecule has 2 aromatic carbocycles. The highest BCUT2D eigenvalue weighted by Gasteiger charge is 2.39. The Morgan fingerprint density at radius 3 is 1.90 bits per heavy atom. The predicted molar refractivity (Wildman–Crippen MR) is 117 cm³/mol. The molecule has 0 N–H and O–H groups in total. The number of fused-ring (bicyclic) bond motifs is 2. The first-order valence-electron chi connectivity index (χ1n) is 9.25. The number of rotatable bonds is 4. The van der Waals surface area contributed by atoms with Gasteiger partial charge in [0, 0.05) is 25.7 Å². The van der Waals surface area contributed by atoms with E-state index in [4.69, 9.17) is 0 Å². The minimum absolute atomic E-state index is 0.0286. The summed E-state index contributed by atoms with van der Waals surface area (Å²) in [5.41, 5.74) is 1.70. The smallest absolute Gasteiger partial charge is 0.207 e. The van der Waals surface area contributed by atoms with Crippen LogP contribution in [0.1, 0.15) is 6.92 Å². The maximum atomic E-state index is 13.4. The van der Waals surface area contributed by atoms with Crippen molar-refractivity contribution in [3.63, 3.8) is 0 Å². The number of aromatic nitrogens is 4. The first-order chi connectivity index (χ1) is 14.8. The summed E-state index contributed by atoms with van der Waals surface area (Å²) in [6.45, 7) is 1.79. The molecule has 1 atom stereocenters. The first-order valence-corrected chi connectivity index (χ1v) is 13.6. The van der Waals surface area contributed by atoms with Crippen LogP contribution < -0.4 is 0 Å². The Bertz CT molecular complexity index is 1500. The van der Waals surface area contributed by atoms with Crippen molar-refractivity contribution in [1.82, 2.24) is 26.1 Å². The number of hydrogen-bond acceptors (Lipinski definition) is 10. The molecule has 1 saturated heterocycles. The lowest BCUT2D eigenvalue weighted by Gasteiger charge is -2.38. The molecule has 0 saturated carbocycles. The Morgan fingerprint density at radius 2 is 1.35 bits per heavy atom. The highest BCUT2D eigenvalue weighted by molar-refractivity contribution is 7.90. The molecule has 31 heavy (non-hydrogen) atoms. The molecule has 3 heterocycles. The fourth-order valence-electron chi connectivity index (χ4n) is 3.73. The summed E-state index contributed by atoms with van der Waals surface area (Å²) >= 11 is 1.91. The van der Waals surface area contributed by atoms with Crippen molar-refractivity contribution in [1.29, 1.82) is 0 Å². The molecule has 0 aliphatic carbocycles. The molecule has 0 unspecified atom stereocenters. The molecule has 5 rings (SSSR count). The number of nitrogens with zero attached hydrogens (tertiary/aromatic N) is 6. The van der Waals surface area contributed by atoms with Crippen LogP contribution in [0.2, 0.25) is 0 Å². The third-order valence-corrected chi connectivity index (χ3v) is 10.3. The van der Waals surface area contributed by atoms with E-state index in [0.717, 1.165) is 23.5 Å². The second kappa shape index (κ2) is 7.50. The van der Waals surface area contributed by atoms with E-state index in [1.165, 1.54) is 20.7 Å². The first kappa shape index (κ1) is 20.8. The second-order valence-corrected chi connectivity index (χ2v) is 11.9. The van der Waals surface area contributed by atoms with Gasteiger partial charge in [0.1, 0.15) is 31.9 Å². The van der Waals surface area contributed by atoms with Crippen molar-refractivity contribution in [2.45, 2.75) is 22.8 Å². The van der Waals surface area contributed by atoms with Crippen LogP contribution in [0, 0.1) is 0 Å². The van der Waals surface area contributed by atoms with E-state index in [2.05, 4.69) is 17.5 Å². The van der Waals surface area contributed by atoms with Crippen molar-refractivity contribution in [2.24, 2.45) is 0 Å². The summed E-state index contributed by atoms with van der Waals surface area (Å²) in [5, 5.41) is 0. The van der Waals surface area contributed by atoms with Gasteiger partial charge in [-0.2, -0.15) is 26.1 Å². The predicted octanol–water partition coefficient (Wildman–Crippen LogP) is 1.78. The standard InChI is InChI=1S/C17H16N6O4S4/c1-11-10-22(30(24,25)14-6-2-4-12-16(14)20-28-18-12)8-9-23(11)31(26,27)15-7-3-5-13-17(15)21-29-19-13/h2-7,11H,8-10H2,1H3/t11-/m1/s1. The van der Waals surface area contributed by atoms with E-state index in [0.29, 0.717) is 22.1 Å². The van der Waals surface area contributed by atoms with Crippen LogP contribution in [0.25, 0.3) is 22.1 Å². The zero-order chi connectivity index (χ0) is 21.8. The van der Waals surface area contributed by atoms with Crippen molar-refractivity contribution in [2.75, 3.05) is 19.6 Å². The maximum Gasteiger partial charge on any atom is 0.245 e. The average molecular weight is 497 g/mol. The molecule has 0 amide bonds. The van der Waals surface area contributed by atoms with Gasteiger partial charge < -0.3 is 0 Å². The van der Waals surface area contributed by atoms with Crippen LogP contribution in [0.5, 0.6) is 0 Å². The Morgan fingerprint density at radius 1 is 0.806 bits per heavy atom. The Balaban J connectivity index is 1.45. The van der Waals surface area contributed by atoms with Crippen LogP contribution in [0.4, 0.5) is 0 Å². The second-order valence-electron chi connectivity index (χ2n) is 7.10. The lowest BCUT2D eigenvalue weighted by Crippen LogP contribution is -2.55. The van der Waals surface area contributed by atoms with Gasteiger partial charge in [0.25, 0.3) is 0 Å². The van der Waals surface area contributed by atoms with E-state index in [1.54, 1.807) is 31.2 Å². The molecular weight excluding hydrogens is 480 g/mol. The normalized spacial score (nSPS) is 19.3. The minimum atomic E-state index is -3.87. The van der Waals surface area contributed by atoms with Gasteiger partial charge in [-0.05, 0) is 31.2 Å². The number of benzene rings is 2. The number of hydrogen-bond donors (Lipinski definition) is 0. The number of sulfonamides is 2. The van der Waals surface area contributed by atoms with Crippen molar-refractivity contribution in [3.05, 3.63) is 36.4 Å². The van der Waals surface area contributed by atoms with Crippen LogP contribution in [0.15, 0.2) is 46.2 Å². The molecule has 1 aliphatic heterocycles. The zero-order valence-corrected chi connectivity index (χ0v) is 19.4. The molecule has 2 aromatic heterocycles. The molecule has 0 spiro atoms. The molecular formula is C17H16N6O4S4. The Kier molecular flexibility index (Phi) is 5.02. The zero-order valence-electron chi connectivity index (χ0n) is 16.1. The summed E-state index contributed by atoms with van der Waals surface area (Å²) < 4.78 is 72.4. The maximum absolute atomic E-state index is 13.4. The largest absolute Gasteiger partial charge is 0.245 e. The van der Waals surface area contributed by atoms with Crippen LogP contribution in [0.3, 0.4) is 0 Å². The summed E-state index contributed by atoms with van der Waals surface area (Å²) in [6, 6.07) is 9.11. The molecule has 14 heteroatoms. The van der Waals surface area contributed by atoms with Crippen molar-refractivity contribution < 1.29 is 16.8 Å². The molecule has 1 aliphatic rings. The van der Waals surface area contributed by atoms with E-state index in [9.17, 15) is 16.8 Å². The fourth-order valence-corrected chi connectivity index (χ4v) is 8.36. The molecule has 1 fully saturated rings. The van der Waals surface area contributed by atoms with Gasteiger partial charge in [0.05, 0.1) is 23.5 Å². The summed E-state index contributed by atoms with van der Waals surface area (Å²) in [5.74, 6) is 0. The molecule has 10 nitrogen and oxygen atoms in total. The van der Waals surface area contributed by atoms with E-state index >= 15 is 0 Å². The minimum Gasteiger partial charge on any atom is -0.207 e. The molecule has 0 bridgehead atoms. The molecule has 0 radical (unpaired) electrons. The summed E-state index contributed by atoms with van der Waals surface area (Å²) in [7, 11) is -7.73. The van der Waals surface area contributed by atoms with Gasteiger partial charge in [-0.3, -0.25) is 0 Å². The quantitative estimate of drug-likeness (QED) is 0.418. The number of piperazine rings is 1.